The van der Waals surface area contributed by atoms with E-state index in [-0.39, 0.29) is 11.6 Å². The molecule has 0 aliphatic rings. The molecule has 0 aliphatic carbocycles. The Kier molecular flexibility index (Phi) is 4.86. The second-order valence-corrected chi connectivity index (χ2v) is 6.62. The number of benzene rings is 2. The summed E-state index contributed by atoms with van der Waals surface area (Å²) in [7, 11) is 6.11. The summed E-state index contributed by atoms with van der Waals surface area (Å²) >= 11 is 0. The van der Waals surface area contributed by atoms with Crippen LogP contribution in [-0.4, -0.2) is 36.0 Å². The van der Waals surface area contributed by atoms with Crippen molar-refractivity contribution in [3.8, 4) is 0 Å². The number of fused-ring (bicyclic) bond motifs is 1. The van der Waals surface area contributed by atoms with Crippen LogP contribution in [0.3, 0.4) is 0 Å². The predicted octanol–water partition coefficient (Wildman–Crippen LogP) is 3.18. The molecule has 0 bridgehead atoms. The standard InChI is InChI=1S/C20H24N4O/c1-14(19-21-18-8-6-5-7-17(18)20(25)22-19)24(4)13-15-9-11-16(12-10-15)23(2)3/h5-12,14H,13H2,1-4H3,(H,21,22,25)/t14-/m0/s1. The lowest BCUT2D eigenvalue weighted by Crippen LogP contribution is -2.26. The van der Waals surface area contributed by atoms with Crippen LogP contribution >= 0.6 is 0 Å². The Morgan fingerprint density at radius 1 is 1.04 bits per heavy atom. The van der Waals surface area contributed by atoms with Crippen molar-refractivity contribution in [1.29, 1.82) is 0 Å². The molecule has 0 aliphatic heterocycles. The van der Waals surface area contributed by atoms with Crippen LogP contribution in [0.1, 0.15) is 24.4 Å². The Morgan fingerprint density at radius 3 is 2.40 bits per heavy atom. The molecule has 1 N–H and O–H groups in total. The average molecular weight is 336 g/mol. The highest BCUT2D eigenvalue weighted by Crippen LogP contribution is 2.20. The summed E-state index contributed by atoms with van der Waals surface area (Å²) in [5.74, 6) is 0.691. The lowest BCUT2D eigenvalue weighted by molar-refractivity contribution is 0.244. The van der Waals surface area contributed by atoms with Gasteiger partial charge in [0.1, 0.15) is 5.82 Å². The van der Waals surface area contributed by atoms with Gasteiger partial charge in [-0.25, -0.2) is 4.98 Å². The Hall–Kier alpha value is -2.66. The summed E-state index contributed by atoms with van der Waals surface area (Å²) < 4.78 is 0. The van der Waals surface area contributed by atoms with Crippen LogP contribution in [0.25, 0.3) is 10.9 Å². The number of hydrogen-bond donors (Lipinski definition) is 1. The molecule has 0 radical (unpaired) electrons. The second-order valence-electron chi connectivity index (χ2n) is 6.62. The molecule has 0 saturated carbocycles. The lowest BCUT2D eigenvalue weighted by atomic mass is 10.1. The van der Waals surface area contributed by atoms with Crippen LogP contribution in [0.4, 0.5) is 5.69 Å². The molecule has 0 fully saturated rings. The van der Waals surface area contributed by atoms with Gasteiger partial charge in [-0.05, 0) is 43.8 Å². The van der Waals surface area contributed by atoms with Crippen molar-refractivity contribution in [2.45, 2.75) is 19.5 Å². The molecular weight excluding hydrogens is 312 g/mol. The lowest BCUT2D eigenvalue weighted by Gasteiger charge is -2.24. The largest absolute Gasteiger partial charge is 0.378 e. The molecule has 130 valence electrons. The third kappa shape index (κ3) is 3.72. The van der Waals surface area contributed by atoms with Gasteiger partial charge in [0.05, 0.1) is 16.9 Å². The molecule has 1 aromatic heterocycles. The molecule has 3 rings (SSSR count). The van der Waals surface area contributed by atoms with Crippen LogP contribution in [0.2, 0.25) is 0 Å². The van der Waals surface area contributed by atoms with Crippen LogP contribution in [-0.2, 0) is 6.54 Å². The van der Waals surface area contributed by atoms with E-state index < -0.39 is 0 Å². The first-order valence-electron chi connectivity index (χ1n) is 8.41. The van der Waals surface area contributed by atoms with Crippen molar-refractivity contribution in [2.24, 2.45) is 0 Å². The van der Waals surface area contributed by atoms with Gasteiger partial charge >= 0.3 is 0 Å². The maximum atomic E-state index is 12.3. The maximum absolute atomic E-state index is 12.3. The minimum atomic E-state index is -0.0869. The quantitative estimate of drug-likeness (QED) is 0.777. The molecule has 25 heavy (non-hydrogen) atoms. The molecule has 0 unspecified atom stereocenters. The minimum Gasteiger partial charge on any atom is -0.378 e. The van der Waals surface area contributed by atoms with Crippen LogP contribution in [0, 0.1) is 0 Å². The summed E-state index contributed by atoms with van der Waals surface area (Å²) in [4.78, 5) is 24.1. The molecular formula is C20H24N4O. The molecule has 0 amide bonds. The third-order valence-electron chi connectivity index (χ3n) is 4.57. The number of hydrogen-bond acceptors (Lipinski definition) is 4. The zero-order valence-electron chi connectivity index (χ0n) is 15.2. The highest BCUT2D eigenvalue weighted by Gasteiger charge is 2.16. The van der Waals surface area contributed by atoms with E-state index in [4.69, 9.17) is 0 Å². The highest BCUT2D eigenvalue weighted by molar-refractivity contribution is 5.77. The summed E-state index contributed by atoms with van der Waals surface area (Å²) in [5.41, 5.74) is 3.05. The monoisotopic (exact) mass is 336 g/mol. The van der Waals surface area contributed by atoms with E-state index in [9.17, 15) is 4.79 Å². The number of aromatic amines is 1. The Labute approximate surface area is 147 Å². The summed E-state index contributed by atoms with van der Waals surface area (Å²) in [5, 5.41) is 0.625. The predicted molar refractivity (Wildman–Crippen MR) is 103 cm³/mol. The van der Waals surface area contributed by atoms with Gasteiger partial charge in [-0.1, -0.05) is 24.3 Å². The fourth-order valence-electron chi connectivity index (χ4n) is 2.84. The number of anilines is 1. The molecule has 1 heterocycles. The number of H-pyrrole nitrogens is 1. The first kappa shape index (κ1) is 17.2. The number of nitrogens with zero attached hydrogens (tertiary/aromatic N) is 3. The Bertz CT molecular complexity index is 915. The fraction of sp³-hybridized carbons (Fsp3) is 0.300. The molecule has 0 spiro atoms. The molecule has 3 aromatic rings. The average Bonchev–Trinajstić information content (AvgIpc) is 2.61. The summed E-state index contributed by atoms with van der Waals surface area (Å²) in [6.45, 7) is 2.84. The smallest absolute Gasteiger partial charge is 0.258 e. The van der Waals surface area contributed by atoms with Crippen molar-refractivity contribution < 1.29 is 0 Å². The van der Waals surface area contributed by atoms with E-state index in [2.05, 4.69) is 51.0 Å². The van der Waals surface area contributed by atoms with Crippen molar-refractivity contribution >= 4 is 16.6 Å². The van der Waals surface area contributed by atoms with E-state index in [1.807, 2.05) is 39.3 Å². The number of nitrogens with one attached hydrogen (secondary N) is 1. The topological polar surface area (TPSA) is 52.2 Å². The minimum absolute atomic E-state index is 0.00540. The Morgan fingerprint density at radius 2 is 1.72 bits per heavy atom. The van der Waals surface area contributed by atoms with E-state index >= 15 is 0 Å². The normalized spacial score (nSPS) is 12.5. The van der Waals surface area contributed by atoms with Gasteiger partial charge in [0.25, 0.3) is 5.56 Å². The van der Waals surface area contributed by atoms with E-state index in [0.29, 0.717) is 11.2 Å². The van der Waals surface area contributed by atoms with Gasteiger partial charge < -0.3 is 9.88 Å². The van der Waals surface area contributed by atoms with Gasteiger partial charge in [0.15, 0.2) is 0 Å². The van der Waals surface area contributed by atoms with Crippen LogP contribution < -0.4 is 10.5 Å². The molecule has 5 heteroatoms. The van der Waals surface area contributed by atoms with Crippen molar-refractivity contribution in [1.82, 2.24) is 14.9 Å². The van der Waals surface area contributed by atoms with Crippen molar-refractivity contribution in [3.05, 3.63) is 70.3 Å². The Balaban J connectivity index is 1.80. The fourth-order valence-corrected chi connectivity index (χ4v) is 2.84. The summed E-state index contributed by atoms with van der Waals surface area (Å²) in [6.07, 6.45) is 0. The first-order chi connectivity index (χ1) is 12.0. The van der Waals surface area contributed by atoms with Gasteiger partial charge in [-0.15, -0.1) is 0 Å². The third-order valence-corrected chi connectivity index (χ3v) is 4.57. The summed E-state index contributed by atoms with van der Waals surface area (Å²) in [6, 6.07) is 15.9. The highest BCUT2D eigenvalue weighted by atomic mass is 16.1. The second kappa shape index (κ2) is 7.07. The SMILES string of the molecule is C[C@@H](c1nc2ccccc2c(=O)[nH]1)N(C)Cc1ccc(N(C)C)cc1. The number of para-hydroxylation sites is 1. The number of rotatable bonds is 5. The molecule has 2 aromatic carbocycles. The first-order valence-corrected chi connectivity index (χ1v) is 8.41. The van der Waals surface area contributed by atoms with E-state index in [0.717, 1.165) is 12.1 Å². The van der Waals surface area contributed by atoms with Gasteiger partial charge in [-0.2, -0.15) is 0 Å². The van der Waals surface area contributed by atoms with Crippen LogP contribution in [0.5, 0.6) is 0 Å². The van der Waals surface area contributed by atoms with Gasteiger partial charge in [-0.3, -0.25) is 9.69 Å². The van der Waals surface area contributed by atoms with Gasteiger partial charge in [0, 0.05) is 26.3 Å². The van der Waals surface area contributed by atoms with Crippen molar-refractivity contribution in [2.75, 3.05) is 26.0 Å². The molecule has 1 atom stereocenters. The van der Waals surface area contributed by atoms with Gasteiger partial charge in [0.2, 0.25) is 0 Å². The van der Waals surface area contributed by atoms with E-state index in [1.165, 1.54) is 11.3 Å². The van der Waals surface area contributed by atoms with E-state index in [1.54, 1.807) is 6.07 Å². The number of aromatic nitrogens is 2. The van der Waals surface area contributed by atoms with Crippen LogP contribution in [0.15, 0.2) is 53.3 Å². The molecule has 0 saturated heterocycles. The maximum Gasteiger partial charge on any atom is 0.258 e. The molecule has 5 nitrogen and oxygen atoms in total. The van der Waals surface area contributed by atoms with Crippen molar-refractivity contribution in [3.63, 3.8) is 0 Å². The zero-order chi connectivity index (χ0) is 18.0. The zero-order valence-corrected chi connectivity index (χ0v) is 15.2.